The molecule has 7 heteroatoms. The summed E-state index contributed by atoms with van der Waals surface area (Å²) in [6, 6.07) is 15.8. The maximum atomic E-state index is 12.8. The van der Waals surface area contributed by atoms with Crippen LogP contribution in [-0.4, -0.2) is 21.2 Å². The Labute approximate surface area is 182 Å². The molecule has 0 saturated carbocycles. The minimum Gasteiger partial charge on any atom is -0.325 e. The first-order chi connectivity index (χ1) is 14.4. The van der Waals surface area contributed by atoms with E-state index in [1.807, 2.05) is 67.8 Å². The summed E-state index contributed by atoms with van der Waals surface area (Å²) >= 11 is 2.67. The van der Waals surface area contributed by atoms with Gasteiger partial charge in [-0.15, -0.1) is 11.3 Å². The molecule has 0 atom stereocenters. The SMILES string of the molecule is Cc1ccc(-c2csc3c(=O)n(C)c(SCC(=O)Nc4ccccc4C)nc23)cc1. The quantitative estimate of drug-likeness (QED) is 0.354. The highest BCUT2D eigenvalue weighted by Crippen LogP contribution is 2.32. The molecule has 4 aromatic rings. The molecule has 0 saturated heterocycles. The monoisotopic (exact) mass is 435 g/mol. The lowest BCUT2D eigenvalue weighted by atomic mass is 10.1. The normalized spacial score (nSPS) is 11.0. The lowest BCUT2D eigenvalue weighted by Crippen LogP contribution is -2.21. The van der Waals surface area contributed by atoms with Crippen LogP contribution in [0.3, 0.4) is 0 Å². The predicted octanol–water partition coefficient (Wildman–Crippen LogP) is 5.01. The molecule has 30 heavy (non-hydrogen) atoms. The van der Waals surface area contributed by atoms with Gasteiger partial charge in [0, 0.05) is 23.7 Å². The second-order valence-corrected chi connectivity index (χ2v) is 8.93. The van der Waals surface area contributed by atoms with Gasteiger partial charge < -0.3 is 5.32 Å². The molecular formula is C23H21N3O2S2. The third-order valence-electron chi connectivity index (χ3n) is 4.87. The Morgan fingerprint density at radius 3 is 2.60 bits per heavy atom. The van der Waals surface area contributed by atoms with Crippen LogP contribution >= 0.6 is 23.1 Å². The molecular weight excluding hydrogens is 414 g/mol. The van der Waals surface area contributed by atoms with Gasteiger partial charge in [0.15, 0.2) is 5.16 Å². The number of benzene rings is 2. The Bertz CT molecular complexity index is 1290. The number of aryl methyl sites for hydroxylation is 2. The minimum absolute atomic E-state index is 0.0924. The van der Waals surface area contributed by atoms with Crippen molar-refractivity contribution in [1.82, 2.24) is 9.55 Å². The highest BCUT2D eigenvalue weighted by atomic mass is 32.2. The fraction of sp³-hybridized carbons (Fsp3) is 0.174. The number of thiophene rings is 1. The first-order valence-corrected chi connectivity index (χ1v) is 11.3. The van der Waals surface area contributed by atoms with Crippen LogP contribution in [0.5, 0.6) is 0 Å². The van der Waals surface area contributed by atoms with Crippen molar-refractivity contribution >= 4 is 44.9 Å². The van der Waals surface area contributed by atoms with Crippen molar-refractivity contribution in [2.45, 2.75) is 19.0 Å². The molecule has 0 spiro atoms. The fourth-order valence-corrected chi connectivity index (χ4v) is 4.87. The lowest BCUT2D eigenvalue weighted by molar-refractivity contribution is -0.113. The number of hydrogen-bond acceptors (Lipinski definition) is 5. The Morgan fingerprint density at radius 1 is 1.13 bits per heavy atom. The number of nitrogens with one attached hydrogen (secondary N) is 1. The van der Waals surface area contributed by atoms with E-state index >= 15 is 0 Å². The number of aromatic nitrogens is 2. The molecule has 1 amide bonds. The minimum atomic E-state index is -0.132. The van der Waals surface area contributed by atoms with Crippen molar-refractivity contribution in [3.8, 4) is 11.1 Å². The summed E-state index contributed by atoms with van der Waals surface area (Å²) in [4.78, 5) is 30.0. The molecule has 2 aromatic heterocycles. The van der Waals surface area contributed by atoms with Crippen LogP contribution in [0.1, 0.15) is 11.1 Å². The molecule has 0 unspecified atom stereocenters. The van der Waals surface area contributed by atoms with Crippen molar-refractivity contribution in [3.63, 3.8) is 0 Å². The Morgan fingerprint density at radius 2 is 1.87 bits per heavy atom. The van der Waals surface area contributed by atoms with E-state index in [4.69, 9.17) is 4.98 Å². The number of carbonyl (C=O) groups excluding carboxylic acids is 1. The third kappa shape index (κ3) is 4.04. The zero-order valence-electron chi connectivity index (χ0n) is 16.9. The number of fused-ring (bicyclic) bond motifs is 1. The van der Waals surface area contributed by atoms with E-state index in [-0.39, 0.29) is 17.2 Å². The van der Waals surface area contributed by atoms with E-state index in [2.05, 4.69) is 5.32 Å². The van der Waals surface area contributed by atoms with E-state index in [9.17, 15) is 9.59 Å². The van der Waals surface area contributed by atoms with Gasteiger partial charge >= 0.3 is 0 Å². The number of para-hydroxylation sites is 1. The van der Waals surface area contributed by atoms with E-state index in [0.29, 0.717) is 15.4 Å². The Hall–Kier alpha value is -2.90. The number of amides is 1. The van der Waals surface area contributed by atoms with Crippen molar-refractivity contribution < 1.29 is 4.79 Å². The third-order valence-corrected chi connectivity index (χ3v) is 6.86. The van der Waals surface area contributed by atoms with Crippen LogP contribution in [0.15, 0.2) is 63.9 Å². The molecule has 4 rings (SSSR count). The van der Waals surface area contributed by atoms with Gasteiger partial charge in [-0.3, -0.25) is 14.2 Å². The van der Waals surface area contributed by atoms with E-state index in [1.54, 1.807) is 7.05 Å². The van der Waals surface area contributed by atoms with Crippen molar-refractivity contribution in [2.24, 2.45) is 7.05 Å². The number of anilines is 1. The zero-order chi connectivity index (χ0) is 21.3. The topological polar surface area (TPSA) is 64.0 Å². The largest absolute Gasteiger partial charge is 0.325 e. The highest BCUT2D eigenvalue weighted by Gasteiger charge is 2.16. The Kier molecular flexibility index (Phi) is 5.74. The molecule has 0 bridgehead atoms. The predicted molar refractivity (Wildman–Crippen MR) is 126 cm³/mol. The second-order valence-electron chi connectivity index (χ2n) is 7.10. The Balaban J connectivity index is 1.61. The highest BCUT2D eigenvalue weighted by molar-refractivity contribution is 7.99. The first kappa shape index (κ1) is 20.4. The summed E-state index contributed by atoms with van der Waals surface area (Å²) in [5.74, 6) is 0.0390. The van der Waals surface area contributed by atoms with E-state index in [1.165, 1.54) is 33.2 Å². The first-order valence-electron chi connectivity index (χ1n) is 9.47. The van der Waals surface area contributed by atoms with Crippen LogP contribution in [-0.2, 0) is 11.8 Å². The summed E-state index contributed by atoms with van der Waals surface area (Å²) in [6.45, 7) is 3.99. The summed E-state index contributed by atoms with van der Waals surface area (Å²) in [6.07, 6.45) is 0. The van der Waals surface area contributed by atoms with Gasteiger partial charge in [-0.25, -0.2) is 4.98 Å². The van der Waals surface area contributed by atoms with Gasteiger partial charge in [0.25, 0.3) is 5.56 Å². The van der Waals surface area contributed by atoms with Gasteiger partial charge in [-0.2, -0.15) is 0 Å². The second kappa shape index (κ2) is 8.45. The van der Waals surface area contributed by atoms with E-state index in [0.717, 1.165) is 22.4 Å². The molecule has 152 valence electrons. The fourth-order valence-electron chi connectivity index (χ4n) is 3.12. The summed E-state index contributed by atoms with van der Waals surface area (Å²) in [5, 5.41) is 5.42. The summed E-state index contributed by atoms with van der Waals surface area (Å²) in [7, 11) is 1.70. The maximum Gasteiger partial charge on any atom is 0.271 e. The lowest BCUT2D eigenvalue weighted by Gasteiger charge is -2.10. The smallest absolute Gasteiger partial charge is 0.271 e. The standard InChI is InChI=1S/C23H21N3O2S2/c1-14-8-10-16(11-9-14)17-12-29-21-20(17)25-23(26(3)22(21)28)30-13-19(27)24-18-7-5-4-6-15(18)2/h4-12H,13H2,1-3H3,(H,24,27). The summed E-state index contributed by atoms with van der Waals surface area (Å²) in [5.41, 5.74) is 5.54. The average Bonchev–Trinajstić information content (AvgIpc) is 3.16. The van der Waals surface area contributed by atoms with Crippen molar-refractivity contribution in [1.29, 1.82) is 0 Å². The molecule has 2 aromatic carbocycles. The van der Waals surface area contributed by atoms with Gasteiger partial charge in [0.2, 0.25) is 5.91 Å². The maximum absolute atomic E-state index is 12.8. The number of thioether (sulfide) groups is 1. The summed E-state index contributed by atoms with van der Waals surface area (Å²) < 4.78 is 2.14. The number of hydrogen-bond donors (Lipinski definition) is 1. The van der Waals surface area contributed by atoms with Gasteiger partial charge in [-0.05, 0) is 31.0 Å². The number of carbonyl (C=O) groups is 1. The molecule has 0 aliphatic carbocycles. The molecule has 0 aliphatic rings. The van der Waals surface area contributed by atoms with E-state index < -0.39 is 0 Å². The van der Waals surface area contributed by atoms with Crippen LogP contribution in [0.4, 0.5) is 5.69 Å². The van der Waals surface area contributed by atoms with Crippen LogP contribution in [0, 0.1) is 13.8 Å². The molecule has 0 aliphatic heterocycles. The van der Waals surface area contributed by atoms with Gasteiger partial charge in [-0.1, -0.05) is 59.8 Å². The number of nitrogens with zero attached hydrogens (tertiary/aromatic N) is 2. The van der Waals surface area contributed by atoms with Crippen LogP contribution in [0.25, 0.3) is 21.3 Å². The van der Waals surface area contributed by atoms with Crippen LogP contribution < -0.4 is 10.9 Å². The molecule has 0 radical (unpaired) electrons. The molecule has 0 fully saturated rings. The van der Waals surface area contributed by atoms with Crippen LogP contribution in [0.2, 0.25) is 0 Å². The average molecular weight is 436 g/mol. The van der Waals surface area contributed by atoms with Gasteiger partial charge in [0.1, 0.15) is 4.70 Å². The molecule has 2 heterocycles. The van der Waals surface area contributed by atoms with Gasteiger partial charge in [0.05, 0.1) is 11.3 Å². The van der Waals surface area contributed by atoms with Crippen molar-refractivity contribution in [3.05, 3.63) is 75.4 Å². The number of rotatable bonds is 5. The molecule has 5 nitrogen and oxygen atoms in total. The zero-order valence-corrected chi connectivity index (χ0v) is 18.6. The van der Waals surface area contributed by atoms with Crippen molar-refractivity contribution in [2.75, 3.05) is 11.1 Å². The molecule has 1 N–H and O–H groups in total.